The van der Waals surface area contributed by atoms with Gasteiger partial charge in [-0.15, -0.1) is 0 Å². The summed E-state index contributed by atoms with van der Waals surface area (Å²) in [6.07, 6.45) is 0. The van der Waals surface area contributed by atoms with Crippen LogP contribution in [0.4, 0.5) is 5.69 Å². The minimum Gasteiger partial charge on any atom is -0.350 e. The summed E-state index contributed by atoms with van der Waals surface area (Å²) in [6.45, 7) is 2.00. The van der Waals surface area contributed by atoms with Crippen molar-refractivity contribution >= 4 is 23.8 Å². The van der Waals surface area contributed by atoms with Gasteiger partial charge in [0.15, 0.2) is 10.6 Å². The van der Waals surface area contributed by atoms with Crippen LogP contribution < -0.4 is 5.32 Å². The molecule has 0 saturated heterocycles. The number of para-hydroxylation sites is 1. The van der Waals surface area contributed by atoms with Gasteiger partial charge in [-0.2, -0.15) is 5.10 Å². The topological polar surface area (TPSA) is 106 Å². The first kappa shape index (κ1) is 18.5. The highest BCUT2D eigenvalue weighted by atomic mass is 32.1. The molecule has 0 aliphatic carbocycles. The van der Waals surface area contributed by atoms with E-state index in [0.717, 1.165) is 11.1 Å². The van der Waals surface area contributed by atoms with Crippen LogP contribution in [0.1, 0.15) is 11.1 Å². The maximum atomic E-state index is 12.4. The van der Waals surface area contributed by atoms with Crippen LogP contribution >= 0.6 is 12.2 Å². The van der Waals surface area contributed by atoms with Crippen LogP contribution in [-0.4, -0.2) is 25.6 Å². The molecule has 0 atom stereocenters. The molecule has 0 aliphatic rings. The summed E-state index contributed by atoms with van der Waals surface area (Å²) >= 11 is 5.23. The second kappa shape index (κ2) is 7.92. The third-order valence-electron chi connectivity index (χ3n) is 4.03. The van der Waals surface area contributed by atoms with Crippen LogP contribution in [-0.2, 0) is 17.9 Å². The van der Waals surface area contributed by atoms with Crippen molar-refractivity contribution in [3.05, 3.63) is 74.5 Å². The molecule has 0 aliphatic heterocycles. The van der Waals surface area contributed by atoms with Crippen LogP contribution in [0.15, 0.2) is 48.5 Å². The van der Waals surface area contributed by atoms with Gasteiger partial charge in [0, 0.05) is 23.7 Å². The summed E-state index contributed by atoms with van der Waals surface area (Å²) in [4.78, 5) is 23.0. The first-order valence-corrected chi connectivity index (χ1v) is 8.58. The number of nitrogens with zero attached hydrogens (tertiary/aromatic N) is 3. The Balaban J connectivity index is 1.74. The van der Waals surface area contributed by atoms with Crippen molar-refractivity contribution in [2.75, 3.05) is 0 Å². The molecule has 0 fully saturated rings. The monoisotopic (exact) mass is 383 g/mol. The number of hydrogen-bond acceptors (Lipinski definition) is 5. The van der Waals surface area contributed by atoms with Gasteiger partial charge < -0.3 is 5.32 Å². The van der Waals surface area contributed by atoms with E-state index < -0.39 is 4.92 Å². The summed E-state index contributed by atoms with van der Waals surface area (Å²) < 4.78 is 1.92. The van der Waals surface area contributed by atoms with Gasteiger partial charge in [-0.3, -0.25) is 24.6 Å². The molecular weight excluding hydrogens is 366 g/mol. The van der Waals surface area contributed by atoms with E-state index in [9.17, 15) is 14.9 Å². The maximum absolute atomic E-state index is 12.4. The highest BCUT2D eigenvalue weighted by Crippen LogP contribution is 2.19. The SMILES string of the molecule is Cc1ccc(-c2n[nH]c(=S)n2CC(=O)NCc2ccccc2[N+](=O)[O-])cc1. The lowest BCUT2D eigenvalue weighted by atomic mass is 10.1. The van der Waals surface area contributed by atoms with E-state index in [1.54, 1.807) is 22.8 Å². The summed E-state index contributed by atoms with van der Waals surface area (Å²) in [7, 11) is 0. The zero-order chi connectivity index (χ0) is 19.4. The normalized spacial score (nSPS) is 10.6. The molecule has 9 heteroatoms. The number of benzene rings is 2. The first-order valence-electron chi connectivity index (χ1n) is 8.17. The average Bonchev–Trinajstić information content (AvgIpc) is 3.01. The van der Waals surface area contributed by atoms with Crippen LogP contribution in [0, 0.1) is 21.8 Å². The van der Waals surface area contributed by atoms with Gasteiger partial charge in [0.25, 0.3) is 5.69 Å². The lowest BCUT2D eigenvalue weighted by Gasteiger charge is -2.09. The van der Waals surface area contributed by atoms with E-state index >= 15 is 0 Å². The molecule has 0 saturated carbocycles. The van der Waals surface area contributed by atoms with Crippen molar-refractivity contribution in [3.8, 4) is 11.4 Å². The summed E-state index contributed by atoms with van der Waals surface area (Å²) in [5, 5.41) is 20.7. The van der Waals surface area contributed by atoms with Crippen LogP contribution in [0.5, 0.6) is 0 Å². The molecule has 3 rings (SSSR count). The molecule has 1 heterocycles. The summed E-state index contributed by atoms with van der Waals surface area (Å²) in [5.41, 5.74) is 2.35. The van der Waals surface area contributed by atoms with Crippen molar-refractivity contribution in [1.82, 2.24) is 20.1 Å². The fourth-order valence-electron chi connectivity index (χ4n) is 2.62. The third-order valence-corrected chi connectivity index (χ3v) is 4.35. The molecule has 2 aromatic carbocycles. The zero-order valence-electron chi connectivity index (χ0n) is 14.5. The molecule has 27 heavy (non-hydrogen) atoms. The molecule has 1 aromatic heterocycles. The van der Waals surface area contributed by atoms with Crippen LogP contribution in [0.25, 0.3) is 11.4 Å². The van der Waals surface area contributed by atoms with Gasteiger partial charge in [0.1, 0.15) is 6.54 Å². The average molecular weight is 383 g/mol. The molecule has 0 bridgehead atoms. The molecule has 0 radical (unpaired) electrons. The van der Waals surface area contributed by atoms with Crippen molar-refractivity contribution in [3.63, 3.8) is 0 Å². The van der Waals surface area contributed by atoms with E-state index in [2.05, 4.69) is 15.5 Å². The Labute approximate surface area is 160 Å². The Morgan fingerprint density at radius 2 is 1.96 bits per heavy atom. The molecule has 138 valence electrons. The Kier molecular flexibility index (Phi) is 5.41. The minimum absolute atomic E-state index is 0.0296. The van der Waals surface area contributed by atoms with Gasteiger partial charge in [-0.25, -0.2) is 0 Å². The third kappa shape index (κ3) is 4.26. The van der Waals surface area contributed by atoms with Gasteiger partial charge >= 0.3 is 0 Å². The number of nitro benzene ring substituents is 1. The van der Waals surface area contributed by atoms with E-state index in [0.29, 0.717) is 16.2 Å². The number of amides is 1. The fraction of sp³-hybridized carbons (Fsp3) is 0.167. The standard InChI is InChI=1S/C18H17N5O3S/c1-12-6-8-13(9-7-12)17-20-21-18(27)22(17)11-16(24)19-10-14-4-2-3-5-15(14)23(25)26/h2-9H,10-11H2,1H3,(H,19,24)(H,21,27). The second-order valence-corrected chi connectivity index (χ2v) is 6.35. The predicted octanol–water partition coefficient (Wildman–Crippen LogP) is 3.14. The molecule has 1 amide bonds. The fourth-order valence-corrected chi connectivity index (χ4v) is 2.82. The number of aromatic nitrogens is 3. The summed E-state index contributed by atoms with van der Waals surface area (Å²) in [5.74, 6) is 0.236. The van der Waals surface area contributed by atoms with Crippen LogP contribution in [0.3, 0.4) is 0 Å². The molecule has 3 aromatic rings. The van der Waals surface area contributed by atoms with E-state index in [-0.39, 0.29) is 24.7 Å². The van der Waals surface area contributed by atoms with Crippen LogP contribution in [0.2, 0.25) is 0 Å². The highest BCUT2D eigenvalue weighted by Gasteiger charge is 2.15. The van der Waals surface area contributed by atoms with E-state index in [4.69, 9.17) is 12.2 Å². The van der Waals surface area contributed by atoms with E-state index in [1.807, 2.05) is 31.2 Å². The smallest absolute Gasteiger partial charge is 0.274 e. The Hall–Kier alpha value is -3.33. The van der Waals surface area contributed by atoms with Crippen molar-refractivity contribution < 1.29 is 9.72 Å². The van der Waals surface area contributed by atoms with E-state index in [1.165, 1.54) is 6.07 Å². The molecule has 8 nitrogen and oxygen atoms in total. The summed E-state index contributed by atoms with van der Waals surface area (Å²) in [6, 6.07) is 14.0. The van der Waals surface area contributed by atoms with Gasteiger partial charge in [0.2, 0.25) is 5.91 Å². The second-order valence-electron chi connectivity index (χ2n) is 5.97. The quantitative estimate of drug-likeness (QED) is 0.386. The highest BCUT2D eigenvalue weighted by molar-refractivity contribution is 7.71. The maximum Gasteiger partial charge on any atom is 0.274 e. The minimum atomic E-state index is -0.469. The number of hydrogen-bond donors (Lipinski definition) is 2. The zero-order valence-corrected chi connectivity index (χ0v) is 15.3. The van der Waals surface area contributed by atoms with Gasteiger partial charge in [-0.05, 0) is 19.1 Å². The van der Waals surface area contributed by atoms with Gasteiger partial charge in [-0.1, -0.05) is 48.0 Å². The number of rotatable bonds is 6. The van der Waals surface area contributed by atoms with Crippen molar-refractivity contribution in [1.29, 1.82) is 0 Å². The predicted molar refractivity (Wildman–Crippen MR) is 103 cm³/mol. The Morgan fingerprint density at radius 3 is 2.67 bits per heavy atom. The largest absolute Gasteiger partial charge is 0.350 e. The Morgan fingerprint density at radius 1 is 1.26 bits per heavy atom. The lowest BCUT2D eigenvalue weighted by molar-refractivity contribution is -0.385. The molecule has 0 unspecified atom stereocenters. The van der Waals surface area contributed by atoms with Crippen molar-refractivity contribution in [2.24, 2.45) is 0 Å². The number of aromatic amines is 1. The Bertz CT molecular complexity index is 1040. The molecule has 0 spiro atoms. The number of nitro groups is 1. The lowest BCUT2D eigenvalue weighted by Crippen LogP contribution is -2.27. The number of H-pyrrole nitrogens is 1. The number of carbonyl (C=O) groups is 1. The van der Waals surface area contributed by atoms with Crippen molar-refractivity contribution in [2.45, 2.75) is 20.0 Å². The number of carbonyl (C=O) groups excluding carboxylic acids is 1. The number of aryl methyl sites for hydroxylation is 1. The van der Waals surface area contributed by atoms with Gasteiger partial charge in [0.05, 0.1) is 4.92 Å². The number of nitrogens with one attached hydrogen (secondary N) is 2. The molecular formula is C18H17N5O3S. The molecule has 2 N–H and O–H groups in total. The first-order chi connectivity index (χ1) is 13.0.